The summed E-state index contributed by atoms with van der Waals surface area (Å²) in [5.41, 5.74) is 2.17. The van der Waals surface area contributed by atoms with E-state index in [0.29, 0.717) is 19.5 Å². The Hall–Kier alpha value is -3.35. The third-order valence-electron chi connectivity index (χ3n) is 7.01. The van der Waals surface area contributed by atoms with Crippen molar-refractivity contribution in [1.82, 2.24) is 15.5 Å². The molecule has 2 aromatic rings. The molecule has 0 spiro atoms. The molecule has 7 heteroatoms. The average molecular weight is 552 g/mol. The highest BCUT2D eigenvalue weighted by Crippen LogP contribution is 2.26. The molecule has 40 heavy (non-hydrogen) atoms. The quantitative estimate of drug-likeness (QED) is 0.260. The van der Waals surface area contributed by atoms with Gasteiger partial charge in [0.2, 0.25) is 11.8 Å². The SMILES string of the molecule is CCCCCN(C(=O)C(NC(=O)OC(C)(C)C)C(C)CC)C(C(=O)NCc1ccccc1)c1ccc(CC)cc1. The second-order valence-corrected chi connectivity index (χ2v) is 11.4. The van der Waals surface area contributed by atoms with Crippen molar-refractivity contribution in [3.8, 4) is 0 Å². The van der Waals surface area contributed by atoms with Crippen molar-refractivity contribution in [3.05, 3.63) is 71.3 Å². The van der Waals surface area contributed by atoms with Crippen LogP contribution in [-0.4, -0.2) is 41.0 Å². The molecular weight excluding hydrogens is 502 g/mol. The van der Waals surface area contributed by atoms with Crippen molar-refractivity contribution in [2.75, 3.05) is 6.54 Å². The van der Waals surface area contributed by atoms with Crippen LogP contribution >= 0.6 is 0 Å². The van der Waals surface area contributed by atoms with E-state index in [2.05, 4.69) is 24.5 Å². The second kappa shape index (κ2) is 16.0. The Morgan fingerprint density at radius 1 is 0.900 bits per heavy atom. The summed E-state index contributed by atoms with van der Waals surface area (Å²) in [5, 5.41) is 5.89. The Bertz CT molecular complexity index is 1060. The summed E-state index contributed by atoms with van der Waals surface area (Å²) in [4.78, 5) is 42.7. The van der Waals surface area contributed by atoms with Gasteiger partial charge >= 0.3 is 6.09 Å². The lowest BCUT2D eigenvalue weighted by Gasteiger charge is -2.36. The molecule has 3 atom stereocenters. The van der Waals surface area contributed by atoms with Gasteiger partial charge in [-0.25, -0.2) is 4.79 Å². The Morgan fingerprint density at radius 2 is 1.55 bits per heavy atom. The van der Waals surface area contributed by atoms with Crippen molar-refractivity contribution in [2.24, 2.45) is 5.92 Å². The molecule has 2 rings (SSSR count). The van der Waals surface area contributed by atoms with Crippen molar-refractivity contribution >= 4 is 17.9 Å². The van der Waals surface area contributed by atoms with Crippen LogP contribution in [0.5, 0.6) is 0 Å². The van der Waals surface area contributed by atoms with Gasteiger partial charge in [0.05, 0.1) is 0 Å². The fourth-order valence-corrected chi connectivity index (χ4v) is 4.49. The molecule has 0 bridgehead atoms. The van der Waals surface area contributed by atoms with Crippen LogP contribution in [-0.2, 0) is 27.3 Å². The molecule has 2 N–H and O–H groups in total. The van der Waals surface area contributed by atoms with Gasteiger partial charge in [-0.3, -0.25) is 9.59 Å². The molecule has 0 saturated carbocycles. The van der Waals surface area contributed by atoms with Crippen molar-refractivity contribution in [1.29, 1.82) is 0 Å². The first-order chi connectivity index (χ1) is 19.0. The highest BCUT2D eigenvalue weighted by molar-refractivity contribution is 5.92. The van der Waals surface area contributed by atoms with E-state index in [4.69, 9.17) is 4.74 Å². The first-order valence-corrected chi connectivity index (χ1v) is 14.7. The van der Waals surface area contributed by atoms with E-state index in [0.717, 1.165) is 42.4 Å². The molecule has 0 heterocycles. The second-order valence-electron chi connectivity index (χ2n) is 11.4. The first-order valence-electron chi connectivity index (χ1n) is 14.7. The number of hydrogen-bond donors (Lipinski definition) is 2. The van der Waals surface area contributed by atoms with Gasteiger partial charge in [-0.2, -0.15) is 0 Å². The molecule has 3 unspecified atom stereocenters. The lowest BCUT2D eigenvalue weighted by Crippen LogP contribution is -2.55. The molecule has 7 nitrogen and oxygen atoms in total. The molecule has 0 aliphatic heterocycles. The predicted octanol–water partition coefficient (Wildman–Crippen LogP) is 6.56. The Balaban J connectivity index is 2.49. The minimum absolute atomic E-state index is 0.163. The molecular formula is C33H49N3O4. The summed E-state index contributed by atoms with van der Waals surface area (Å²) in [6.45, 7) is 14.2. The smallest absolute Gasteiger partial charge is 0.408 e. The number of hydrogen-bond acceptors (Lipinski definition) is 4. The number of rotatable bonds is 14. The monoisotopic (exact) mass is 551 g/mol. The number of carbonyl (C=O) groups excluding carboxylic acids is 3. The van der Waals surface area contributed by atoms with Gasteiger partial charge in [-0.05, 0) is 56.2 Å². The Labute approximate surface area is 241 Å². The van der Waals surface area contributed by atoms with Crippen LogP contribution in [0.25, 0.3) is 0 Å². The molecule has 2 aromatic carbocycles. The number of nitrogens with one attached hydrogen (secondary N) is 2. The van der Waals surface area contributed by atoms with Gasteiger partial charge < -0.3 is 20.3 Å². The van der Waals surface area contributed by atoms with Crippen molar-refractivity contribution in [3.63, 3.8) is 0 Å². The highest BCUT2D eigenvalue weighted by Gasteiger charge is 2.37. The Morgan fingerprint density at radius 3 is 2.10 bits per heavy atom. The number of alkyl carbamates (subject to hydrolysis) is 1. The largest absolute Gasteiger partial charge is 0.444 e. The van der Waals surface area contributed by atoms with Gasteiger partial charge in [-0.1, -0.05) is 102 Å². The molecule has 3 amide bonds. The summed E-state index contributed by atoms with van der Waals surface area (Å²) in [6.07, 6.45) is 3.55. The standard InChI is InChI=1S/C33H49N3O4/c1-8-11-15-22-36(31(38)28(24(4)9-2)35-32(39)40-33(5,6)7)29(27-20-18-25(10-3)19-21-27)30(37)34-23-26-16-13-12-14-17-26/h12-14,16-21,24,28-29H,8-11,15,22-23H2,1-7H3,(H,34,37)(H,35,39). The molecule has 0 aromatic heterocycles. The third-order valence-corrected chi connectivity index (χ3v) is 7.01. The molecule has 0 radical (unpaired) electrons. The number of benzene rings is 2. The number of amides is 3. The van der Waals surface area contributed by atoms with E-state index in [9.17, 15) is 14.4 Å². The number of aryl methyl sites for hydroxylation is 1. The van der Waals surface area contributed by atoms with E-state index in [1.807, 2.05) is 68.4 Å². The zero-order valence-electron chi connectivity index (χ0n) is 25.5. The summed E-state index contributed by atoms with van der Waals surface area (Å²) >= 11 is 0. The maximum Gasteiger partial charge on any atom is 0.408 e. The van der Waals surface area contributed by atoms with E-state index in [-0.39, 0.29) is 17.7 Å². The summed E-state index contributed by atoms with van der Waals surface area (Å²) in [6, 6.07) is 15.9. The zero-order chi connectivity index (χ0) is 29.7. The summed E-state index contributed by atoms with van der Waals surface area (Å²) < 4.78 is 5.50. The summed E-state index contributed by atoms with van der Waals surface area (Å²) in [5.74, 6) is -0.696. The topological polar surface area (TPSA) is 87.7 Å². The maximum absolute atomic E-state index is 14.3. The molecule has 0 saturated heterocycles. The van der Waals surface area contributed by atoms with Gasteiger partial charge in [-0.15, -0.1) is 0 Å². The third kappa shape index (κ3) is 10.3. The predicted molar refractivity (Wildman–Crippen MR) is 161 cm³/mol. The zero-order valence-corrected chi connectivity index (χ0v) is 25.5. The van der Waals surface area contributed by atoms with Crippen LogP contribution in [0.15, 0.2) is 54.6 Å². The van der Waals surface area contributed by atoms with Crippen LogP contribution in [0.4, 0.5) is 4.79 Å². The van der Waals surface area contributed by atoms with Crippen LogP contribution in [0.3, 0.4) is 0 Å². The normalized spacial score (nSPS) is 13.6. The van der Waals surface area contributed by atoms with Gasteiger partial charge in [0, 0.05) is 13.1 Å². The van der Waals surface area contributed by atoms with Crippen LogP contribution in [0.2, 0.25) is 0 Å². The number of ether oxygens (including phenoxy) is 1. The molecule has 0 aliphatic carbocycles. The van der Waals surface area contributed by atoms with Gasteiger partial charge in [0.25, 0.3) is 0 Å². The number of carbonyl (C=O) groups is 3. The number of unbranched alkanes of at least 4 members (excludes halogenated alkanes) is 2. The lowest BCUT2D eigenvalue weighted by molar-refractivity contribution is -0.143. The van der Waals surface area contributed by atoms with Crippen LogP contribution in [0.1, 0.15) is 96.9 Å². The fourth-order valence-electron chi connectivity index (χ4n) is 4.49. The average Bonchev–Trinajstić information content (AvgIpc) is 2.93. The highest BCUT2D eigenvalue weighted by atomic mass is 16.6. The Kier molecular flexibility index (Phi) is 13.2. The lowest BCUT2D eigenvalue weighted by atomic mass is 9.95. The minimum Gasteiger partial charge on any atom is -0.444 e. The molecule has 220 valence electrons. The summed E-state index contributed by atoms with van der Waals surface area (Å²) in [7, 11) is 0. The molecule has 0 aliphatic rings. The van der Waals surface area contributed by atoms with E-state index < -0.39 is 23.8 Å². The van der Waals surface area contributed by atoms with Gasteiger partial charge in [0.1, 0.15) is 17.7 Å². The fraction of sp³-hybridized carbons (Fsp3) is 0.545. The molecule has 0 fully saturated rings. The van der Waals surface area contributed by atoms with Crippen molar-refractivity contribution < 1.29 is 19.1 Å². The minimum atomic E-state index is -0.842. The van der Waals surface area contributed by atoms with E-state index in [1.54, 1.807) is 25.7 Å². The number of nitrogens with zero attached hydrogens (tertiary/aromatic N) is 1. The van der Waals surface area contributed by atoms with Crippen LogP contribution < -0.4 is 10.6 Å². The van der Waals surface area contributed by atoms with Gasteiger partial charge in [0.15, 0.2) is 0 Å². The van der Waals surface area contributed by atoms with Crippen molar-refractivity contribution in [2.45, 2.75) is 105 Å². The first kappa shape index (κ1) is 32.9. The maximum atomic E-state index is 14.3. The van der Waals surface area contributed by atoms with Crippen LogP contribution in [0, 0.1) is 5.92 Å². The van der Waals surface area contributed by atoms with E-state index >= 15 is 0 Å². The van der Waals surface area contributed by atoms with E-state index in [1.165, 1.54) is 0 Å².